The summed E-state index contributed by atoms with van der Waals surface area (Å²) in [6, 6.07) is 7.27. The van der Waals surface area contributed by atoms with Gasteiger partial charge in [-0.1, -0.05) is 42.8 Å². The zero-order chi connectivity index (χ0) is 21.0. The predicted molar refractivity (Wildman–Crippen MR) is 114 cm³/mol. The molecule has 0 bridgehead atoms. The first-order valence-corrected chi connectivity index (χ1v) is 9.67. The van der Waals surface area contributed by atoms with E-state index in [9.17, 15) is 9.59 Å². The summed E-state index contributed by atoms with van der Waals surface area (Å²) in [6.45, 7) is 6.36. The van der Waals surface area contributed by atoms with Crippen LogP contribution >= 0.6 is 11.6 Å². The van der Waals surface area contributed by atoms with Gasteiger partial charge in [-0.25, -0.2) is 4.98 Å². The molecule has 1 amide bonds. The third kappa shape index (κ3) is 4.26. The van der Waals surface area contributed by atoms with E-state index in [1.807, 2.05) is 25.1 Å². The quantitative estimate of drug-likeness (QED) is 0.574. The lowest BCUT2D eigenvalue weighted by Crippen LogP contribution is -2.33. The van der Waals surface area contributed by atoms with Crippen LogP contribution in [0.15, 0.2) is 54.1 Å². The van der Waals surface area contributed by atoms with E-state index < -0.39 is 0 Å². The van der Waals surface area contributed by atoms with Gasteiger partial charge in [-0.15, -0.1) is 6.58 Å². The minimum Gasteiger partial charge on any atom is -0.380 e. The van der Waals surface area contributed by atoms with Gasteiger partial charge in [0.25, 0.3) is 11.5 Å². The lowest BCUT2D eigenvalue weighted by molar-refractivity contribution is 0.0812. The second kappa shape index (κ2) is 9.07. The van der Waals surface area contributed by atoms with Crippen molar-refractivity contribution in [3.63, 3.8) is 0 Å². The first-order valence-electron chi connectivity index (χ1n) is 9.29. The molecule has 0 aliphatic carbocycles. The summed E-state index contributed by atoms with van der Waals surface area (Å²) in [4.78, 5) is 29.8. The fourth-order valence-electron chi connectivity index (χ4n) is 3.08. The Bertz CT molecular complexity index is 1100. The van der Waals surface area contributed by atoms with Crippen molar-refractivity contribution in [1.29, 1.82) is 0 Å². The Balaban J connectivity index is 2.06. The van der Waals surface area contributed by atoms with Crippen molar-refractivity contribution in [2.75, 3.05) is 13.7 Å². The summed E-state index contributed by atoms with van der Waals surface area (Å²) in [5.74, 6) is -0.363. The monoisotopic (exact) mass is 414 g/mol. The number of halogens is 1. The molecule has 0 saturated heterocycles. The van der Waals surface area contributed by atoms with Crippen LogP contribution in [0.3, 0.4) is 0 Å². The van der Waals surface area contributed by atoms with Gasteiger partial charge in [0, 0.05) is 43.2 Å². The number of carbonyl (C=O) groups is 1. The van der Waals surface area contributed by atoms with E-state index >= 15 is 0 Å². The minimum atomic E-state index is -0.363. The van der Waals surface area contributed by atoms with Crippen LogP contribution in [0.2, 0.25) is 5.02 Å². The number of methoxy groups -OCH3 is 1. The van der Waals surface area contributed by atoms with Gasteiger partial charge in [-0.3, -0.25) is 18.6 Å². The fraction of sp³-hybridized carbons (Fsp3) is 0.286. The highest BCUT2D eigenvalue weighted by molar-refractivity contribution is 6.33. The fourth-order valence-corrected chi connectivity index (χ4v) is 3.31. The Kier molecular flexibility index (Phi) is 6.51. The third-order valence-corrected chi connectivity index (χ3v) is 5.02. The summed E-state index contributed by atoms with van der Waals surface area (Å²) in [5, 5.41) is 3.31. The van der Waals surface area contributed by atoms with Gasteiger partial charge in [0.1, 0.15) is 5.69 Å². The van der Waals surface area contributed by atoms with Gasteiger partial charge in [-0.05, 0) is 12.5 Å². The molecule has 0 aliphatic heterocycles. The number of ether oxygens (including phenoxy) is 1. The number of rotatable bonds is 8. The number of fused-ring (bicyclic) bond motifs is 1. The van der Waals surface area contributed by atoms with Crippen LogP contribution in [0.4, 0.5) is 0 Å². The smallest absolute Gasteiger partial charge is 0.295 e. The molecule has 0 saturated carbocycles. The Labute approximate surface area is 173 Å². The summed E-state index contributed by atoms with van der Waals surface area (Å²) in [6.07, 6.45) is 5.61. The van der Waals surface area contributed by atoms with Gasteiger partial charge in [-0.2, -0.15) is 0 Å². The van der Waals surface area contributed by atoms with Crippen LogP contribution in [0.1, 0.15) is 23.8 Å². The highest BCUT2D eigenvalue weighted by atomic mass is 35.5. The second-order valence-electron chi connectivity index (χ2n) is 6.53. The van der Waals surface area contributed by atoms with Crippen LogP contribution in [0, 0.1) is 0 Å². The average molecular weight is 415 g/mol. The van der Waals surface area contributed by atoms with E-state index in [0.717, 1.165) is 6.42 Å². The molecule has 1 N–H and O–H groups in total. The maximum atomic E-state index is 13.1. The predicted octanol–water partition coefficient (Wildman–Crippen LogP) is 3.16. The van der Waals surface area contributed by atoms with Crippen LogP contribution in [0.5, 0.6) is 0 Å². The molecule has 3 rings (SSSR count). The molecule has 3 aromatic rings. The molecule has 0 fully saturated rings. The number of hydrogen-bond acceptors (Lipinski definition) is 4. The third-order valence-electron chi connectivity index (χ3n) is 4.69. The average Bonchev–Trinajstić information content (AvgIpc) is 3.16. The molecule has 2 aromatic heterocycles. The van der Waals surface area contributed by atoms with Crippen molar-refractivity contribution in [1.82, 2.24) is 19.3 Å². The van der Waals surface area contributed by atoms with E-state index in [4.69, 9.17) is 16.3 Å². The van der Waals surface area contributed by atoms with E-state index in [-0.39, 0.29) is 35.5 Å². The van der Waals surface area contributed by atoms with Gasteiger partial charge in [0.05, 0.1) is 11.8 Å². The van der Waals surface area contributed by atoms with Crippen LogP contribution in [0.25, 0.3) is 16.9 Å². The molecular formula is C21H23ClN4O3. The Morgan fingerprint density at radius 1 is 1.38 bits per heavy atom. The molecule has 7 nitrogen and oxygen atoms in total. The van der Waals surface area contributed by atoms with Crippen molar-refractivity contribution >= 4 is 23.2 Å². The van der Waals surface area contributed by atoms with E-state index in [1.54, 1.807) is 36.0 Å². The van der Waals surface area contributed by atoms with Crippen molar-refractivity contribution in [3.8, 4) is 11.3 Å². The van der Waals surface area contributed by atoms with Gasteiger partial charge < -0.3 is 10.1 Å². The van der Waals surface area contributed by atoms with Crippen LogP contribution < -0.4 is 10.9 Å². The molecule has 0 spiro atoms. The van der Waals surface area contributed by atoms with Gasteiger partial charge in [0.15, 0.2) is 0 Å². The number of aromatic nitrogens is 3. The highest BCUT2D eigenvalue weighted by Gasteiger charge is 2.18. The number of imidazole rings is 1. The van der Waals surface area contributed by atoms with Crippen molar-refractivity contribution in [2.45, 2.75) is 26.0 Å². The van der Waals surface area contributed by atoms with Crippen molar-refractivity contribution < 1.29 is 9.53 Å². The minimum absolute atomic E-state index is 0.0763. The number of nitrogens with one attached hydrogen (secondary N) is 1. The van der Waals surface area contributed by atoms with Crippen LogP contribution in [-0.4, -0.2) is 39.6 Å². The number of amides is 1. The Morgan fingerprint density at radius 2 is 2.14 bits per heavy atom. The number of allylic oxidation sites excluding steroid dienone is 1. The molecule has 8 heteroatoms. The number of benzene rings is 1. The summed E-state index contributed by atoms with van der Waals surface area (Å²) in [7, 11) is 1.60. The largest absolute Gasteiger partial charge is 0.380 e. The molecule has 0 radical (unpaired) electrons. The zero-order valence-corrected chi connectivity index (χ0v) is 17.1. The Hall–Kier alpha value is -2.90. The van der Waals surface area contributed by atoms with Crippen LogP contribution in [-0.2, 0) is 11.3 Å². The standard InChI is InChI=1S/C21H23ClN4O3/c1-4-10-26-18(15-8-6-7-9-16(15)22)13-25-12-17(24-19(25)21(26)28)20(27)23-11-14(5-2)29-3/h4,6-9,12-14H,1,5,10-11H2,2-3H3,(H,23,27). The summed E-state index contributed by atoms with van der Waals surface area (Å²) in [5.41, 5.74) is 1.31. The lowest BCUT2D eigenvalue weighted by atomic mass is 10.1. The van der Waals surface area contributed by atoms with Crippen molar-refractivity contribution in [3.05, 3.63) is 70.4 Å². The first kappa shape index (κ1) is 20.8. The SMILES string of the molecule is C=CCn1c(-c2ccccc2Cl)cn2cc(C(=O)NCC(CC)OC)nc2c1=O. The normalized spacial score (nSPS) is 12.1. The topological polar surface area (TPSA) is 77.6 Å². The lowest BCUT2D eigenvalue weighted by Gasteiger charge is -2.13. The van der Waals surface area contributed by atoms with E-state index in [1.165, 1.54) is 4.57 Å². The molecule has 2 heterocycles. The molecular weight excluding hydrogens is 392 g/mol. The molecule has 29 heavy (non-hydrogen) atoms. The number of carbonyl (C=O) groups excluding carboxylic acids is 1. The molecule has 1 unspecified atom stereocenters. The van der Waals surface area contributed by atoms with Crippen molar-refractivity contribution in [2.24, 2.45) is 0 Å². The van der Waals surface area contributed by atoms with E-state index in [0.29, 0.717) is 22.8 Å². The van der Waals surface area contributed by atoms with E-state index in [2.05, 4.69) is 16.9 Å². The summed E-state index contributed by atoms with van der Waals surface area (Å²) < 4.78 is 8.36. The summed E-state index contributed by atoms with van der Waals surface area (Å²) >= 11 is 6.35. The molecule has 0 aliphatic rings. The maximum Gasteiger partial charge on any atom is 0.295 e. The maximum absolute atomic E-state index is 13.1. The molecule has 1 atom stereocenters. The number of nitrogens with zero attached hydrogens (tertiary/aromatic N) is 3. The molecule has 1 aromatic carbocycles. The van der Waals surface area contributed by atoms with Gasteiger partial charge >= 0.3 is 0 Å². The first-order chi connectivity index (χ1) is 14.0. The van der Waals surface area contributed by atoms with Gasteiger partial charge in [0.2, 0.25) is 5.65 Å². The zero-order valence-electron chi connectivity index (χ0n) is 16.4. The number of hydrogen-bond donors (Lipinski definition) is 1. The molecule has 152 valence electrons. The second-order valence-corrected chi connectivity index (χ2v) is 6.94. The Morgan fingerprint density at radius 3 is 2.79 bits per heavy atom. The highest BCUT2D eigenvalue weighted by Crippen LogP contribution is 2.27.